The number of methoxy groups -OCH3 is 1. The second-order valence-corrected chi connectivity index (χ2v) is 3.83. The van der Waals surface area contributed by atoms with Gasteiger partial charge in [0.2, 0.25) is 0 Å². The van der Waals surface area contributed by atoms with Crippen molar-refractivity contribution >= 4 is 22.0 Å². The minimum absolute atomic E-state index is 0.718. The van der Waals surface area contributed by atoms with Crippen molar-refractivity contribution in [3.63, 3.8) is 0 Å². The first kappa shape index (κ1) is 9.59. The summed E-state index contributed by atoms with van der Waals surface area (Å²) in [6, 6.07) is 3.93. The van der Waals surface area contributed by atoms with Crippen molar-refractivity contribution in [1.29, 1.82) is 0 Å². The van der Waals surface area contributed by atoms with E-state index in [1.807, 2.05) is 12.1 Å². The normalized spacial score (nSPS) is 14.1. The third kappa shape index (κ3) is 1.64. The van der Waals surface area contributed by atoms with Crippen LogP contribution in [-0.4, -0.2) is 13.7 Å². The molecule has 1 heterocycles. The molecule has 0 unspecified atom stereocenters. The van der Waals surface area contributed by atoms with Crippen molar-refractivity contribution in [2.24, 2.45) is 0 Å². The second kappa shape index (κ2) is 4.05. The van der Waals surface area contributed by atoms with Crippen LogP contribution in [0.1, 0.15) is 12.0 Å². The van der Waals surface area contributed by atoms with Crippen LogP contribution in [0.25, 0.3) is 6.08 Å². The summed E-state index contributed by atoms with van der Waals surface area (Å²) in [7, 11) is 1.65. The second-order valence-electron chi connectivity index (χ2n) is 3.04. The average molecular weight is 255 g/mol. The smallest absolute Gasteiger partial charge is 0.144 e. The van der Waals surface area contributed by atoms with Crippen LogP contribution in [0.2, 0.25) is 0 Å². The van der Waals surface area contributed by atoms with Gasteiger partial charge in [0, 0.05) is 5.56 Å². The van der Waals surface area contributed by atoms with Crippen molar-refractivity contribution in [2.45, 2.75) is 6.42 Å². The zero-order valence-corrected chi connectivity index (χ0v) is 9.50. The molecule has 0 radical (unpaired) electrons. The molecule has 0 atom stereocenters. The van der Waals surface area contributed by atoms with Crippen LogP contribution >= 0.6 is 15.9 Å². The Bertz CT molecular complexity index is 372. The maximum absolute atomic E-state index is 5.63. The number of halogens is 1. The quantitative estimate of drug-likeness (QED) is 0.766. The number of fused-ring (bicyclic) bond motifs is 1. The first-order valence-corrected chi connectivity index (χ1v) is 5.28. The summed E-state index contributed by atoms with van der Waals surface area (Å²) in [5.74, 6) is 1.68. The van der Waals surface area contributed by atoms with Crippen LogP contribution in [0.15, 0.2) is 22.7 Å². The molecule has 1 aliphatic rings. The van der Waals surface area contributed by atoms with Crippen molar-refractivity contribution in [1.82, 2.24) is 0 Å². The van der Waals surface area contributed by atoms with Crippen LogP contribution in [0, 0.1) is 0 Å². The molecule has 0 amide bonds. The average Bonchev–Trinajstić information content (AvgIpc) is 2.44. The lowest BCUT2D eigenvalue weighted by atomic mass is 10.2. The molecule has 0 saturated carbocycles. The molecular formula is C11H11BrO2. The standard InChI is InChI=1S/C11H11BrO2/c1-13-9-6-5-8-4-2-3-7-14-11(8)10(9)12/h2,4-6H,3,7H2,1H3. The fourth-order valence-corrected chi connectivity index (χ4v) is 2.07. The molecule has 0 bridgehead atoms. The van der Waals surface area contributed by atoms with Gasteiger partial charge in [0.05, 0.1) is 13.7 Å². The highest BCUT2D eigenvalue weighted by Crippen LogP contribution is 2.38. The molecular weight excluding hydrogens is 244 g/mol. The fourth-order valence-electron chi connectivity index (χ4n) is 1.43. The Labute approximate surface area is 91.7 Å². The van der Waals surface area contributed by atoms with Crippen molar-refractivity contribution < 1.29 is 9.47 Å². The van der Waals surface area contributed by atoms with Crippen molar-refractivity contribution in [2.75, 3.05) is 13.7 Å². The maximum Gasteiger partial charge on any atom is 0.144 e. The van der Waals surface area contributed by atoms with Gasteiger partial charge in [-0.15, -0.1) is 0 Å². The van der Waals surface area contributed by atoms with Crippen LogP contribution in [-0.2, 0) is 0 Å². The van der Waals surface area contributed by atoms with Crippen molar-refractivity contribution in [3.05, 3.63) is 28.2 Å². The van der Waals surface area contributed by atoms with Gasteiger partial charge in [-0.2, -0.15) is 0 Å². The molecule has 0 N–H and O–H groups in total. The molecule has 0 aromatic heterocycles. The monoisotopic (exact) mass is 254 g/mol. The lowest BCUT2D eigenvalue weighted by Gasteiger charge is -2.11. The summed E-state index contributed by atoms with van der Waals surface area (Å²) in [6.45, 7) is 0.718. The van der Waals surface area contributed by atoms with Crippen LogP contribution < -0.4 is 9.47 Å². The Hall–Kier alpha value is -0.960. The van der Waals surface area contributed by atoms with E-state index in [-0.39, 0.29) is 0 Å². The first-order valence-electron chi connectivity index (χ1n) is 4.49. The summed E-state index contributed by atoms with van der Waals surface area (Å²) in [4.78, 5) is 0. The van der Waals surface area contributed by atoms with Gasteiger partial charge in [0.1, 0.15) is 16.0 Å². The van der Waals surface area contributed by atoms with Gasteiger partial charge in [-0.1, -0.05) is 12.2 Å². The lowest BCUT2D eigenvalue weighted by Crippen LogP contribution is -1.97. The molecule has 3 heteroatoms. The van der Waals surface area contributed by atoms with Gasteiger partial charge < -0.3 is 9.47 Å². The van der Waals surface area contributed by atoms with Gasteiger partial charge in [-0.3, -0.25) is 0 Å². The Morgan fingerprint density at radius 1 is 1.43 bits per heavy atom. The van der Waals surface area contributed by atoms with Crippen LogP contribution in [0.3, 0.4) is 0 Å². The summed E-state index contributed by atoms with van der Waals surface area (Å²) < 4.78 is 11.7. The van der Waals surface area contributed by atoms with Gasteiger partial charge in [0.15, 0.2) is 0 Å². The summed E-state index contributed by atoms with van der Waals surface area (Å²) in [5, 5.41) is 0. The fraction of sp³-hybridized carbons (Fsp3) is 0.273. The molecule has 74 valence electrons. The summed E-state index contributed by atoms with van der Waals surface area (Å²) in [6.07, 6.45) is 5.14. The molecule has 1 aliphatic heterocycles. The highest BCUT2D eigenvalue weighted by atomic mass is 79.9. The van der Waals surface area contributed by atoms with Gasteiger partial charge in [-0.25, -0.2) is 0 Å². The molecule has 0 spiro atoms. The number of benzene rings is 1. The first-order chi connectivity index (χ1) is 6.83. The molecule has 2 rings (SSSR count). The van der Waals surface area contributed by atoms with E-state index in [1.165, 1.54) is 0 Å². The molecule has 1 aromatic rings. The van der Waals surface area contributed by atoms with Crippen LogP contribution in [0.4, 0.5) is 0 Å². The van der Waals surface area contributed by atoms with E-state index in [1.54, 1.807) is 7.11 Å². The SMILES string of the molecule is COc1ccc2c(c1Br)OCCC=C2. The third-order valence-electron chi connectivity index (χ3n) is 2.14. The molecule has 2 nitrogen and oxygen atoms in total. The topological polar surface area (TPSA) is 18.5 Å². The Kier molecular flexibility index (Phi) is 2.77. The number of rotatable bonds is 1. The van der Waals surface area contributed by atoms with Gasteiger partial charge in [0.25, 0.3) is 0 Å². The van der Waals surface area contributed by atoms with Gasteiger partial charge >= 0.3 is 0 Å². The molecule has 14 heavy (non-hydrogen) atoms. The van der Waals surface area contributed by atoms with E-state index < -0.39 is 0 Å². The van der Waals surface area contributed by atoms with E-state index >= 15 is 0 Å². The number of hydrogen-bond acceptors (Lipinski definition) is 2. The van der Waals surface area contributed by atoms with E-state index in [9.17, 15) is 0 Å². The van der Waals surface area contributed by atoms with Crippen LogP contribution in [0.5, 0.6) is 11.5 Å². The highest BCUT2D eigenvalue weighted by molar-refractivity contribution is 9.10. The highest BCUT2D eigenvalue weighted by Gasteiger charge is 2.12. The summed E-state index contributed by atoms with van der Waals surface area (Å²) >= 11 is 3.48. The van der Waals surface area contributed by atoms with E-state index in [0.717, 1.165) is 34.6 Å². The zero-order valence-electron chi connectivity index (χ0n) is 7.92. The van der Waals surface area contributed by atoms with E-state index in [2.05, 4.69) is 28.1 Å². The molecule has 0 saturated heterocycles. The number of ether oxygens (including phenoxy) is 2. The predicted octanol–water partition coefficient (Wildman–Crippen LogP) is 3.25. The lowest BCUT2D eigenvalue weighted by molar-refractivity contribution is 0.320. The summed E-state index contributed by atoms with van der Waals surface area (Å²) in [5.41, 5.74) is 1.09. The van der Waals surface area contributed by atoms with E-state index in [0.29, 0.717) is 0 Å². The Balaban J connectivity index is 2.52. The molecule has 1 aromatic carbocycles. The Morgan fingerprint density at radius 3 is 3.07 bits per heavy atom. The van der Waals surface area contributed by atoms with E-state index in [4.69, 9.17) is 9.47 Å². The number of hydrogen-bond donors (Lipinski definition) is 0. The zero-order chi connectivity index (χ0) is 9.97. The van der Waals surface area contributed by atoms with Crippen molar-refractivity contribution in [3.8, 4) is 11.5 Å². The maximum atomic E-state index is 5.63. The minimum Gasteiger partial charge on any atom is -0.495 e. The minimum atomic E-state index is 0.718. The molecule has 0 fully saturated rings. The van der Waals surface area contributed by atoms with Gasteiger partial charge in [-0.05, 0) is 34.5 Å². The Morgan fingerprint density at radius 2 is 2.29 bits per heavy atom. The third-order valence-corrected chi connectivity index (χ3v) is 2.89. The largest absolute Gasteiger partial charge is 0.495 e. The molecule has 0 aliphatic carbocycles. The predicted molar refractivity (Wildman–Crippen MR) is 59.8 cm³/mol.